The van der Waals surface area contributed by atoms with Gasteiger partial charge in [0.25, 0.3) is 5.91 Å². The molecule has 0 aliphatic heterocycles. The van der Waals surface area contributed by atoms with Crippen LogP contribution in [0.5, 0.6) is 5.75 Å². The second kappa shape index (κ2) is 9.31. The van der Waals surface area contributed by atoms with E-state index in [0.29, 0.717) is 11.1 Å². The molecule has 2 aromatic rings. The Balaban J connectivity index is 2.21. The second-order valence-corrected chi connectivity index (χ2v) is 6.03. The lowest BCUT2D eigenvalue weighted by Crippen LogP contribution is -2.45. The van der Waals surface area contributed by atoms with Gasteiger partial charge in [-0.1, -0.05) is 24.3 Å². The Labute approximate surface area is 160 Å². The minimum Gasteiger partial charge on any atom is -0.508 e. The molecule has 0 aliphatic carbocycles. The van der Waals surface area contributed by atoms with Crippen LogP contribution < -0.4 is 10.6 Å². The maximum absolute atomic E-state index is 13.0. The number of carboxylic acid groups (broad SMARTS) is 1. The third-order valence-electron chi connectivity index (χ3n) is 3.72. The van der Waals surface area contributed by atoms with Crippen LogP contribution >= 0.6 is 0 Å². The molecule has 2 amide bonds. The number of amides is 2. The fourth-order valence-corrected chi connectivity index (χ4v) is 2.38. The second-order valence-electron chi connectivity index (χ2n) is 6.03. The number of phenolic OH excluding ortho intramolecular Hbond substituents is 1. The highest BCUT2D eigenvalue weighted by molar-refractivity contribution is 6.02. The van der Waals surface area contributed by atoms with E-state index < -0.39 is 29.6 Å². The van der Waals surface area contributed by atoms with Crippen molar-refractivity contribution in [2.24, 2.45) is 0 Å². The number of carbonyl (C=O) groups is 3. The minimum atomic E-state index is -1.26. The Bertz CT molecular complexity index is 892. The zero-order valence-electron chi connectivity index (χ0n) is 15.0. The number of hydrogen-bond acceptors (Lipinski definition) is 4. The van der Waals surface area contributed by atoms with E-state index in [-0.39, 0.29) is 17.9 Å². The number of carbonyl (C=O) groups excluding carboxylic acids is 2. The lowest BCUT2D eigenvalue weighted by atomic mass is 10.1. The number of hydrogen-bond donors (Lipinski definition) is 4. The molecule has 0 saturated heterocycles. The molecule has 0 bridgehead atoms. The van der Waals surface area contributed by atoms with E-state index >= 15 is 0 Å². The number of halogens is 1. The van der Waals surface area contributed by atoms with Gasteiger partial charge in [0.15, 0.2) is 0 Å². The number of rotatable bonds is 7. The molecule has 0 heterocycles. The van der Waals surface area contributed by atoms with Crippen LogP contribution in [0.2, 0.25) is 0 Å². The molecule has 2 rings (SSSR count). The first kappa shape index (κ1) is 20.6. The Morgan fingerprint density at radius 2 is 1.68 bits per heavy atom. The Morgan fingerprint density at radius 3 is 2.21 bits per heavy atom. The maximum atomic E-state index is 13.0. The summed E-state index contributed by atoms with van der Waals surface area (Å²) in [6.07, 6.45) is 1.29. The van der Waals surface area contributed by atoms with Crippen molar-refractivity contribution in [2.45, 2.75) is 19.4 Å². The number of benzene rings is 2. The first-order valence-corrected chi connectivity index (χ1v) is 8.31. The Kier molecular flexibility index (Phi) is 6.86. The maximum Gasteiger partial charge on any atom is 0.326 e. The predicted molar refractivity (Wildman–Crippen MR) is 99.6 cm³/mol. The molecule has 0 aliphatic rings. The summed E-state index contributed by atoms with van der Waals surface area (Å²) in [5, 5.41) is 23.4. The molecule has 0 saturated carbocycles. The van der Waals surface area contributed by atoms with Crippen LogP contribution in [0.15, 0.2) is 54.2 Å². The fourth-order valence-electron chi connectivity index (χ4n) is 2.38. The molecule has 146 valence electrons. The number of phenols is 1. The van der Waals surface area contributed by atoms with E-state index in [9.17, 15) is 29.0 Å². The molecule has 4 N–H and O–H groups in total. The molecule has 28 heavy (non-hydrogen) atoms. The first-order chi connectivity index (χ1) is 13.2. The highest BCUT2D eigenvalue weighted by Gasteiger charge is 2.23. The van der Waals surface area contributed by atoms with Crippen molar-refractivity contribution in [3.63, 3.8) is 0 Å². The van der Waals surface area contributed by atoms with Crippen LogP contribution in [0.3, 0.4) is 0 Å². The van der Waals surface area contributed by atoms with Crippen molar-refractivity contribution in [1.82, 2.24) is 10.6 Å². The van der Waals surface area contributed by atoms with Gasteiger partial charge in [-0.15, -0.1) is 0 Å². The van der Waals surface area contributed by atoms with Gasteiger partial charge < -0.3 is 20.8 Å². The van der Waals surface area contributed by atoms with E-state index in [1.54, 1.807) is 12.1 Å². The monoisotopic (exact) mass is 386 g/mol. The molecular weight excluding hydrogens is 367 g/mol. The van der Waals surface area contributed by atoms with Crippen LogP contribution in [0, 0.1) is 5.82 Å². The Hall–Kier alpha value is -3.68. The third kappa shape index (κ3) is 6.24. The first-order valence-electron chi connectivity index (χ1n) is 8.31. The van der Waals surface area contributed by atoms with Gasteiger partial charge in [0.05, 0.1) is 0 Å². The van der Waals surface area contributed by atoms with Gasteiger partial charge in [0.2, 0.25) is 5.91 Å². The molecule has 0 fully saturated rings. The molecule has 2 aromatic carbocycles. The van der Waals surface area contributed by atoms with Gasteiger partial charge >= 0.3 is 5.97 Å². The van der Waals surface area contributed by atoms with Crippen molar-refractivity contribution in [1.29, 1.82) is 0 Å². The molecule has 8 heteroatoms. The van der Waals surface area contributed by atoms with Crippen molar-refractivity contribution in [3.8, 4) is 5.75 Å². The summed E-state index contributed by atoms with van der Waals surface area (Å²) < 4.78 is 13.0. The number of nitrogens with one attached hydrogen (secondary N) is 2. The van der Waals surface area contributed by atoms with Crippen molar-refractivity contribution in [2.75, 3.05) is 0 Å². The van der Waals surface area contributed by atoms with Gasteiger partial charge in [-0.25, -0.2) is 9.18 Å². The van der Waals surface area contributed by atoms with Gasteiger partial charge in [0, 0.05) is 13.3 Å². The molecule has 1 atom stereocenters. The largest absolute Gasteiger partial charge is 0.508 e. The molecule has 0 aromatic heterocycles. The summed E-state index contributed by atoms with van der Waals surface area (Å²) >= 11 is 0. The molecule has 0 radical (unpaired) electrons. The zero-order valence-corrected chi connectivity index (χ0v) is 15.0. The van der Waals surface area contributed by atoms with Crippen molar-refractivity contribution >= 4 is 23.9 Å². The van der Waals surface area contributed by atoms with Gasteiger partial charge in [-0.2, -0.15) is 0 Å². The number of aromatic hydroxyl groups is 1. The van der Waals surface area contributed by atoms with Crippen LogP contribution in [0.25, 0.3) is 6.08 Å². The number of carboxylic acids is 1. The normalized spacial score (nSPS) is 12.1. The molecule has 7 nitrogen and oxygen atoms in total. The van der Waals surface area contributed by atoms with Crippen LogP contribution in [-0.2, 0) is 20.8 Å². The van der Waals surface area contributed by atoms with Gasteiger partial charge in [-0.3, -0.25) is 9.59 Å². The van der Waals surface area contributed by atoms with Crippen LogP contribution in [-0.4, -0.2) is 34.0 Å². The Morgan fingerprint density at radius 1 is 1.07 bits per heavy atom. The summed E-state index contributed by atoms with van der Waals surface area (Å²) in [7, 11) is 0. The summed E-state index contributed by atoms with van der Waals surface area (Å²) in [4.78, 5) is 35.5. The van der Waals surface area contributed by atoms with Crippen LogP contribution in [0.4, 0.5) is 4.39 Å². The average molecular weight is 386 g/mol. The van der Waals surface area contributed by atoms with Crippen LogP contribution in [0.1, 0.15) is 18.1 Å². The quantitative estimate of drug-likeness (QED) is 0.542. The van der Waals surface area contributed by atoms with Gasteiger partial charge in [0.1, 0.15) is 23.3 Å². The summed E-state index contributed by atoms with van der Waals surface area (Å²) in [6.45, 7) is 1.21. The smallest absolute Gasteiger partial charge is 0.326 e. The van der Waals surface area contributed by atoms with Crippen molar-refractivity contribution < 1.29 is 29.0 Å². The fraction of sp³-hybridized carbons (Fsp3) is 0.150. The predicted octanol–water partition coefficient (Wildman–Crippen LogP) is 1.82. The van der Waals surface area contributed by atoms with Crippen molar-refractivity contribution in [3.05, 3.63) is 71.2 Å². The third-order valence-corrected chi connectivity index (χ3v) is 3.72. The van der Waals surface area contributed by atoms with E-state index in [1.807, 2.05) is 0 Å². The van der Waals surface area contributed by atoms with Gasteiger partial charge in [-0.05, 0) is 41.5 Å². The summed E-state index contributed by atoms with van der Waals surface area (Å²) in [6, 6.07) is 9.86. The molecular formula is C20H19FN2O5. The standard InChI is InChI=1S/C20H19FN2O5/c1-12(24)22-17(10-13-2-6-15(21)7-3-13)19(26)23-18(20(27)28)11-14-4-8-16(25)9-5-14/h2-10,18,25H,11H2,1H3,(H,22,24)(H,23,26)(H,27,28)/b17-10-/t18-/m0/s1. The highest BCUT2D eigenvalue weighted by atomic mass is 19.1. The molecule has 0 unspecified atom stereocenters. The highest BCUT2D eigenvalue weighted by Crippen LogP contribution is 2.12. The topological polar surface area (TPSA) is 116 Å². The lowest BCUT2D eigenvalue weighted by molar-refractivity contribution is -0.141. The summed E-state index contributed by atoms with van der Waals surface area (Å²) in [5.74, 6) is -3.00. The number of aliphatic carboxylic acids is 1. The molecule has 0 spiro atoms. The van der Waals surface area contributed by atoms with E-state index in [0.717, 1.165) is 0 Å². The summed E-state index contributed by atoms with van der Waals surface area (Å²) in [5.41, 5.74) is 0.871. The zero-order chi connectivity index (χ0) is 20.7. The minimum absolute atomic E-state index is 0.0226. The average Bonchev–Trinajstić information content (AvgIpc) is 2.63. The lowest BCUT2D eigenvalue weighted by Gasteiger charge is -2.16. The SMILES string of the molecule is CC(=O)N/C(=C\c1ccc(F)cc1)C(=O)N[C@@H](Cc1ccc(O)cc1)C(=O)O. The van der Waals surface area contributed by atoms with E-state index in [4.69, 9.17) is 0 Å². The van der Waals surface area contributed by atoms with E-state index in [1.165, 1.54) is 49.4 Å². The van der Waals surface area contributed by atoms with E-state index in [2.05, 4.69) is 10.6 Å².